The van der Waals surface area contributed by atoms with Crippen LogP contribution in [0.5, 0.6) is 0 Å². The predicted molar refractivity (Wildman–Crippen MR) is 76.3 cm³/mol. The fourth-order valence-electron chi connectivity index (χ4n) is 2.30. The van der Waals surface area contributed by atoms with Crippen molar-refractivity contribution in [3.63, 3.8) is 0 Å². The predicted octanol–water partition coefficient (Wildman–Crippen LogP) is 0.195. The van der Waals surface area contributed by atoms with E-state index < -0.39 is 25.7 Å². The first-order valence-corrected chi connectivity index (χ1v) is 7.22. The summed E-state index contributed by atoms with van der Waals surface area (Å²) in [6.45, 7) is -5.42. The van der Waals surface area contributed by atoms with E-state index >= 15 is 0 Å². The van der Waals surface area contributed by atoms with E-state index in [9.17, 15) is 17.7 Å². The molecule has 23 heavy (non-hydrogen) atoms. The molecule has 0 aromatic heterocycles. The largest absolute Gasteiger partial charge is 1.00 e. The Morgan fingerprint density at radius 1 is 1.26 bits per heavy atom. The quantitative estimate of drug-likeness (QED) is 0.709. The van der Waals surface area contributed by atoms with Gasteiger partial charge in [0.2, 0.25) is 0 Å². The second-order valence-corrected chi connectivity index (χ2v) is 5.29. The van der Waals surface area contributed by atoms with Crippen LogP contribution in [0.4, 0.5) is 17.7 Å². The molecular weight excluding hydrogens is 337 g/mol. The summed E-state index contributed by atoms with van der Waals surface area (Å²) in [4.78, 5) is 13.4. The van der Waals surface area contributed by atoms with Crippen LogP contribution in [0.1, 0.15) is 18.4 Å². The van der Waals surface area contributed by atoms with Gasteiger partial charge in [-0.1, -0.05) is 30.3 Å². The molecule has 0 bridgehead atoms. The average molecular weight is 355 g/mol. The van der Waals surface area contributed by atoms with E-state index in [1.807, 2.05) is 30.3 Å². The summed E-state index contributed by atoms with van der Waals surface area (Å²) in [5, 5.41) is 0. The van der Waals surface area contributed by atoms with Gasteiger partial charge in [0.15, 0.2) is 0 Å². The van der Waals surface area contributed by atoms with Gasteiger partial charge < -0.3 is 27.3 Å². The molecule has 1 saturated heterocycles. The Morgan fingerprint density at radius 3 is 2.61 bits per heavy atom. The first-order valence-electron chi connectivity index (χ1n) is 7.22. The third-order valence-corrected chi connectivity index (χ3v) is 3.36. The van der Waals surface area contributed by atoms with Crippen LogP contribution in [0.2, 0.25) is 0 Å². The molecule has 0 aliphatic carbocycles. The van der Waals surface area contributed by atoms with Crippen LogP contribution in [0.15, 0.2) is 30.3 Å². The number of halogens is 3. The second kappa shape index (κ2) is 10.1. The average Bonchev–Trinajstić information content (AvgIpc) is 2.51. The van der Waals surface area contributed by atoms with Gasteiger partial charge in [-0.3, -0.25) is 0 Å². The molecule has 0 N–H and O–H groups in total. The van der Waals surface area contributed by atoms with Crippen LogP contribution in [0, 0.1) is 0 Å². The molecule has 1 amide bonds. The molecular formula is C14H18BF3KNO3. The number of benzene rings is 1. The van der Waals surface area contributed by atoms with Crippen LogP contribution in [-0.2, 0) is 16.1 Å². The first-order chi connectivity index (χ1) is 10.4. The minimum atomic E-state index is -4.96. The van der Waals surface area contributed by atoms with Crippen LogP contribution in [-0.4, -0.2) is 43.7 Å². The molecule has 122 valence electrons. The number of likely N-dealkylation sites (tertiary alicyclic amines) is 1. The Bertz CT molecular complexity index is 490. The summed E-state index contributed by atoms with van der Waals surface area (Å²) in [6, 6.07) is 9.21. The molecule has 4 nitrogen and oxygen atoms in total. The van der Waals surface area contributed by atoms with Crippen molar-refractivity contribution in [1.29, 1.82) is 0 Å². The summed E-state index contributed by atoms with van der Waals surface area (Å²) in [7, 11) is 0. The van der Waals surface area contributed by atoms with E-state index in [1.165, 1.54) is 4.90 Å². The molecule has 1 atom stereocenters. The summed E-state index contributed by atoms with van der Waals surface area (Å²) in [6.07, 6.45) is 0.0288. The van der Waals surface area contributed by atoms with Crippen molar-refractivity contribution in [3.8, 4) is 0 Å². The van der Waals surface area contributed by atoms with Crippen molar-refractivity contribution in [2.24, 2.45) is 0 Å². The van der Waals surface area contributed by atoms with E-state index in [1.54, 1.807) is 0 Å². The summed E-state index contributed by atoms with van der Waals surface area (Å²) < 4.78 is 46.6. The van der Waals surface area contributed by atoms with Crippen LogP contribution in [0.3, 0.4) is 0 Å². The molecule has 1 aromatic rings. The topological polar surface area (TPSA) is 38.8 Å². The molecule has 0 unspecified atom stereocenters. The molecule has 9 heteroatoms. The van der Waals surface area contributed by atoms with E-state index in [4.69, 9.17) is 9.47 Å². The summed E-state index contributed by atoms with van der Waals surface area (Å²) in [5.74, 6) is 0. The number of amides is 1. The Kier molecular flexibility index (Phi) is 9.17. The van der Waals surface area contributed by atoms with Crippen molar-refractivity contribution >= 4 is 13.1 Å². The Balaban J connectivity index is 0.00000264. The minimum absolute atomic E-state index is 0. The molecule has 2 rings (SSSR count). The van der Waals surface area contributed by atoms with Crippen LogP contribution < -0.4 is 51.4 Å². The minimum Gasteiger partial charge on any atom is -0.447 e. The van der Waals surface area contributed by atoms with Gasteiger partial charge in [-0.05, 0) is 18.4 Å². The molecule has 0 spiro atoms. The van der Waals surface area contributed by atoms with Gasteiger partial charge in [-0.15, -0.1) is 0 Å². The zero-order valence-corrected chi connectivity index (χ0v) is 16.2. The maximum atomic E-state index is 12.2. The van der Waals surface area contributed by atoms with Gasteiger partial charge in [-0.25, -0.2) is 4.79 Å². The standard InChI is InChI=1S/C14H18BF3NO3.K/c16-15(17,18)11-22-13-7-4-8-19(9-13)14(20)21-10-12-5-2-1-3-6-12;/h1-3,5-6,13H,4,7-11H2;/q-1;+1/t13-;/m0./s1. The monoisotopic (exact) mass is 355 g/mol. The van der Waals surface area contributed by atoms with Gasteiger partial charge in [0.05, 0.1) is 12.6 Å². The van der Waals surface area contributed by atoms with E-state index in [2.05, 4.69) is 0 Å². The number of nitrogens with zero attached hydrogens (tertiary/aromatic N) is 1. The first kappa shape index (κ1) is 21.0. The normalized spacial score (nSPS) is 18.2. The molecule has 0 radical (unpaired) electrons. The zero-order valence-electron chi connectivity index (χ0n) is 13.1. The third-order valence-electron chi connectivity index (χ3n) is 3.36. The number of carbonyl (C=O) groups is 1. The van der Waals surface area contributed by atoms with Gasteiger partial charge in [0, 0.05) is 13.1 Å². The van der Waals surface area contributed by atoms with E-state index in [0.29, 0.717) is 19.4 Å². The fraction of sp³-hybridized carbons (Fsp3) is 0.500. The van der Waals surface area contributed by atoms with Crippen molar-refractivity contribution < 1.29 is 78.6 Å². The maximum absolute atomic E-state index is 12.2. The summed E-state index contributed by atoms with van der Waals surface area (Å²) in [5.41, 5.74) is 0.862. The Hall–Kier alpha value is -0.0587. The van der Waals surface area contributed by atoms with Gasteiger partial charge in [0.1, 0.15) is 6.61 Å². The van der Waals surface area contributed by atoms with E-state index in [0.717, 1.165) is 5.56 Å². The van der Waals surface area contributed by atoms with E-state index in [-0.39, 0.29) is 64.5 Å². The Morgan fingerprint density at radius 2 is 1.96 bits per heavy atom. The maximum Gasteiger partial charge on any atom is 1.00 e. The van der Waals surface area contributed by atoms with Crippen LogP contribution in [0.25, 0.3) is 0 Å². The van der Waals surface area contributed by atoms with Crippen LogP contribution >= 0.6 is 0 Å². The van der Waals surface area contributed by atoms with Gasteiger partial charge >= 0.3 is 64.5 Å². The van der Waals surface area contributed by atoms with Crippen molar-refractivity contribution in [2.45, 2.75) is 25.6 Å². The zero-order chi connectivity index (χ0) is 16.0. The van der Waals surface area contributed by atoms with Gasteiger partial charge in [-0.2, -0.15) is 0 Å². The molecule has 1 aromatic carbocycles. The molecule has 1 aliphatic rings. The second-order valence-electron chi connectivity index (χ2n) is 5.29. The molecule has 0 saturated carbocycles. The van der Waals surface area contributed by atoms with Crippen molar-refractivity contribution in [3.05, 3.63) is 35.9 Å². The van der Waals surface area contributed by atoms with Gasteiger partial charge in [0.25, 0.3) is 0 Å². The summed E-state index contributed by atoms with van der Waals surface area (Å²) >= 11 is 0. The molecule has 1 fully saturated rings. The van der Waals surface area contributed by atoms with Crippen molar-refractivity contribution in [2.75, 3.05) is 19.6 Å². The SMILES string of the molecule is O=C(OCc1ccccc1)N1CCC[C@H](OC[B-](F)(F)F)C1.[K+]. The number of rotatable bonds is 5. The number of hydrogen-bond donors (Lipinski definition) is 0. The van der Waals surface area contributed by atoms with Crippen molar-refractivity contribution in [1.82, 2.24) is 4.90 Å². The number of carbonyl (C=O) groups excluding carboxylic acids is 1. The smallest absolute Gasteiger partial charge is 0.447 e. The molecule has 1 heterocycles. The Labute approximate surface area is 176 Å². The molecule has 1 aliphatic heterocycles. The number of piperidine rings is 1. The third kappa shape index (κ3) is 8.04. The fourth-order valence-corrected chi connectivity index (χ4v) is 2.30. The number of ether oxygens (including phenoxy) is 2. The number of hydrogen-bond acceptors (Lipinski definition) is 3.